The van der Waals surface area contributed by atoms with E-state index < -0.39 is 0 Å². The molecule has 0 radical (unpaired) electrons. The Morgan fingerprint density at radius 3 is 2.50 bits per heavy atom. The zero-order valence-corrected chi connectivity index (χ0v) is 10.3. The molecule has 0 saturated heterocycles. The van der Waals surface area contributed by atoms with Crippen molar-refractivity contribution in [3.63, 3.8) is 0 Å². The van der Waals surface area contributed by atoms with E-state index in [9.17, 15) is 0 Å². The minimum Gasteiger partial charge on any atom is -0.151 e. The van der Waals surface area contributed by atoms with Crippen LogP contribution in [-0.4, -0.2) is 0 Å². The van der Waals surface area contributed by atoms with E-state index in [4.69, 9.17) is 5.39 Å². The predicted octanol–water partition coefficient (Wildman–Crippen LogP) is 5.20. The molecular weight excluding hydrogens is 224 g/mol. The van der Waals surface area contributed by atoms with E-state index in [0.717, 1.165) is 22.5 Å². The highest BCUT2D eigenvalue weighted by Gasteiger charge is 2.06. The first-order valence-electron chi connectivity index (χ1n) is 5.63. The molecule has 0 saturated carbocycles. The first-order chi connectivity index (χ1) is 8.69. The lowest BCUT2D eigenvalue weighted by molar-refractivity contribution is 1.20. The monoisotopic (exact) mass is 237 g/mol. The first-order valence-corrected chi connectivity index (χ1v) is 5.63. The van der Waals surface area contributed by atoms with Crippen molar-refractivity contribution in [1.29, 1.82) is 5.39 Å². The standard InChI is InChI=1S/C14H13N4/c1-10-4-3-5-13(8-10)17-18-14-7-6-12(16-15)9-11(14)2/h3-9H,1-2H3/q+1/b18-17+. The van der Waals surface area contributed by atoms with Crippen molar-refractivity contribution in [1.82, 2.24) is 0 Å². The fourth-order valence-corrected chi connectivity index (χ4v) is 1.62. The van der Waals surface area contributed by atoms with Gasteiger partial charge < -0.3 is 0 Å². The normalized spacial score (nSPS) is 10.5. The molecule has 2 rings (SSSR count). The Hall–Kier alpha value is -2.54. The molecule has 0 aliphatic rings. The topological polar surface area (TPSA) is 52.9 Å². The van der Waals surface area contributed by atoms with E-state index >= 15 is 0 Å². The van der Waals surface area contributed by atoms with Gasteiger partial charge in [-0.2, -0.15) is 10.2 Å². The molecule has 0 spiro atoms. The molecule has 2 aromatic rings. The number of benzene rings is 2. The number of nitrogens with zero attached hydrogens (tertiary/aromatic N) is 4. The second-order valence-electron chi connectivity index (χ2n) is 4.11. The maximum Gasteiger partial charge on any atom is 0.385 e. The Bertz CT molecular complexity index is 638. The van der Waals surface area contributed by atoms with Gasteiger partial charge in [-0.1, -0.05) is 12.1 Å². The van der Waals surface area contributed by atoms with Crippen molar-refractivity contribution in [2.24, 2.45) is 10.2 Å². The summed E-state index contributed by atoms with van der Waals surface area (Å²) >= 11 is 0. The van der Waals surface area contributed by atoms with Gasteiger partial charge in [-0.25, -0.2) is 0 Å². The van der Waals surface area contributed by atoms with Crippen molar-refractivity contribution in [2.45, 2.75) is 13.8 Å². The van der Waals surface area contributed by atoms with E-state index in [1.165, 1.54) is 0 Å². The third kappa shape index (κ3) is 2.77. The number of hydrogen-bond donors (Lipinski definition) is 0. The number of hydrogen-bond acceptors (Lipinski definition) is 3. The minimum atomic E-state index is 0.516. The molecule has 0 heterocycles. The second kappa shape index (κ2) is 5.19. The van der Waals surface area contributed by atoms with Crippen molar-refractivity contribution >= 4 is 17.1 Å². The third-order valence-corrected chi connectivity index (χ3v) is 2.57. The Kier molecular flexibility index (Phi) is 3.44. The molecule has 18 heavy (non-hydrogen) atoms. The largest absolute Gasteiger partial charge is 0.385 e. The molecule has 0 unspecified atom stereocenters. The molecule has 0 bridgehead atoms. The lowest BCUT2D eigenvalue weighted by Gasteiger charge is -1.97. The molecule has 0 N–H and O–H groups in total. The molecule has 0 aromatic heterocycles. The summed E-state index contributed by atoms with van der Waals surface area (Å²) in [5, 5.41) is 17.0. The third-order valence-electron chi connectivity index (χ3n) is 2.57. The summed E-state index contributed by atoms with van der Waals surface area (Å²) in [4.78, 5) is 3.13. The van der Waals surface area contributed by atoms with Crippen LogP contribution in [0.15, 0.2) is 52.7 Å². The van der Waals surface area contributed by atoms with Crippen LogP contribution in [0.2, 0.25) is 0 Å². The molecule has 0 atom stereocenters. The Morgan fingerprint density at radius 1 is 1.00 bits per heavy atom. The van der Waals surface area contributed by atoms with E-state index in [2.05, 4.69) is 15.2 Å². The number of rotatable bonds is 2. The molecular formula is C14H13N4+. The van der Waals surface area contributed by atoms with Gasteiger partial charge in [0.15, 0.2) is 4.98 Å². The molecule has 0 fully saturated rings. The number of diazo groups is 1. The van der Waals surface area contributed by atoms with Crippen LogP contribution in [-0.2, 0) is 0 Å². The Balaban J connectivity index is 2.27. The van der Waals surface area contributed by atoms with Crippen LogP contribution in [0, 0.1) is 19.2 Å². The average molecular weight is 237 g/mol. The van der Waals surface area contributed by atoms with Gasteiger partial charge in [0, 0.05) is 12.1 Å². The second-order valence-corrected chi connectivity index (χ2v) is 4.11. The average Bonchev–Trinajstić information content (AvgIpc) is 2.37. The van der Waals surface area contributed by atoms with E-state index in [0.29, 0.717) is 5.69 Å². The van der Waals surface area contributed by atoms with E-state index in [-0.39, 0.29) is 0 Å². The summed E-state index contributed by atoms with van der Waals surface area (Å²) in [6.45, 7) is 3.92. The van der Waals surface area contributed by atoms with Crippen LogP contribution in [0.5, 0.6) is 0 Å². The highest BCUT2D eigenvalue weighted by molar-refractivity contribution is 5.56. The molecule has 4 nitrogen and oxygen atoms in total. The molecule has 0 aliphatic heterocycles. The highest BCUT2D eigenvalue weighted by Crippen LogP contribution is 2.26. The van der Waals surface area contributed by atoms with Gasteiger partial charge >= 0.3 is 5.69 Å². The van der Waals surface area contributed by atoms with Crippen molar-refractivity contribution in [2.75, 3.05) is 0 Å². The smallest absolute Gasteiger partial charge is 0.151 e. The SMILES string of the molecule is Cc1cccc(/N=N/c2ccc([N+]#N)cc2C)c1. The van der Waals surface area contributed by atoms with Crippen molar-refractivity contribution in [3.8, 4) is 0 Å². The van der Waals surface area contributed by atoms with Gasteiger partial charge in [0.1, 0.15) is 0 Å². The van der Waals surface area contributed by atoms with Gasteiger partial charge in [0.05, 0.1) is 11.4 Å². The number of azo groups is 1. The maximum absolute atomic E-state index is 8.66. The summed E-state index contributed by atoms with van der Waals surface area (Å²) in [6.07, 6.45) is 0. The quantitative estimate of drug-likeness (QED) is 0.523. The van der Waals surface area contributed by atoms with Crippen LogP contribution in [0.25, 0.3) is 4.98 Å². The summed E-state index contributed by atoms with van der Waals surface area (Å²) in [5.41, 5.74) is 4.18. The predicted molar refractivity (Wildman–Crippen MR) is 71.3 cm³/mol. The fourth-order valence-electron chi connectivity index (χ4n) is 1.62. The summed E-state index contributed by atoms with van der Waals surface area (Å²) in [6, 6.07) is 13.1. The van der Waals surface area contributed by atoms with Crippen LogP contribution in [0.3, 0.4) is 0 Å². The molecule has 88 valence electrons. The Morgan fingerprint density at radius 2 is 1.83 bits per heavy atom. The van der Waals surface area contributed by atoms with Gasteiger partial charge in [-0.05, 0) is 43.2 Å². The van der Waals surface area contributed by atoms with Crippen molar-refractivity contribution < 1.29 is 0 Å². The van der Waals surface area contributed by atoms with Crippen molar-refractivity contribution in [3.05, 3.63) is 58.6 Å². The molecule has 2 aromatic carbocycles. The van der Waals surface area contributed by atoms with E-state index in [1.54, 1.807) is 18.2 Å². The molecule has 0 aliphatic carbocycles. The summed E-state index contributed by atoms with van der Waals surface area (Å²) in [5.74, 6) is 0. The summed E-state index contributed by atoms with van der Waals surface area (Å²) < 4.78 is 0. The fraction of sp³-hybridized carbons (Fsp3) is 0.143. The van der Waals surface area contributed by atoms with Crippen LogP contribution in [0.1, 0.15) is 11.1 Å². The summed E-state index contributed by atoms with van der Waals surface area (Å²) in [7, 11) is 0. The van der Waals surface area contributed by atoms with Crippen LogP contribution >= 0.6 is 0 Å². The molecule has 4 heteroatoms. The zero-order valence-electron chi connectivity index (χ0n) is 10.3. The van der Waals surface area contributed by atoms with Gasteiger partial charge in [0.2, 0.25) is 5.39 Å². The van der Waals surface area contributed by atoms with E-state index in [1.807, 2.05) is 38.1 Å². The molecule has 0 amide bonds. The van der Waals surface area contributed by atoms with Crippen LogP contribution < -0.4 is 0 Å². The van der Waals surface area contributed by atoms with Gasteiger partial charge in [-0.15, -0.1) is 0 Å². The van der Waals surface area contributed by atoms with Gasteiger partial charge in [-0.3, -0.25) is 0 Å². The lowest BCUT2D eigenvalue weighted by atomic mass is 10.2. The number of aryl methyl sites for hydroxylation is 2. The lowest BCUT2D eigenvalue weighted by Crippen LogP contribution is -1.73. The zero-order chi connectivity index (χ0) is 13.0. The first kappa shape index (κ1) is 11.9. The van der Waals surface area contributed by atoms with Gasteiger partial charge in [0.25, 0.3) is 0 Å². The highest BCUT2D eigenvalue weighted by atomic mass is 15.1. The maximum atomic E-state index is 8.66. The minimum absolute atomic E-state index is 0.516. The Labute approximate surface area is 106 Å². The van der Waals surface area contributed by atoms with Crippen LogP contribution in [0.4, 0.5) is 17.1 Å².